The highest BCUT2D eigenvalue weighted by atomic mass is 32.2. The van der Waals surface area contributed by atoms with E-state index in [1.54, 1.807) is 24.3 Å². The molecule has 23 heavy (non-hydrogen) atoms. The first-order valence-corrected chi connectivity index (χ1v) is 8.68. The van der Waals surface area contributed by atoms with Gasteiger partial charge in [-0.3, -0.25) is 4.79 Å². The zero-order valence-corrected chi connectivity index (χ0v) is 13.8. The highest BCUT2D eigenvalue weighted by Gasteiger charge is 2.23. The lowest BCUT2D eigenvalue weighted by Gasteiger charge is -2.33. The molecule has 0 bridgehead atoms. The summed E-state index contributed by atoms with van der Waals surface area (Å²) in [5.74, 6) is 0.729. The van der Waals surface area contributed by atoms with E-state index >= 15 is 0 Å². The second-order valence-corrected chi connectivity index (χ2v) is 6.54. The molecule has 1 amide bonds. The molecule has 2 aromatic rings. The highest BCUT2D eigenvalue weighted by Crippen LogP contribution is 2.29. The Kier molecular flexibility index (Phi) is 4.85. The number of rotatable bonds is 4. The van der Waals surface area contributed by atoms with Crippen LogP contribution in [-0.4, -0.2) is 44.5 Å². The number of carbonyl (C=O) groups is 1. The number of nitrogens with zero attached hydrogens (tertiary/aromatic N) is 3. The third-order valence-corrected chi connectivity index (χ3v) is 4.79. The van der Waals surface area contributed by atoms with Gasteiger partial charge in [-0.2, -0.15) is 0 Å². The number of phenols is 1. The molecule has 0 aliphatic carbocycles. The minimum atomic E-state index is 0.0888. The largest absolute Gasteiger partial charge is 0.507 e. The van der Waals surface area contributed by atoms with Crippen LogP contribution in [0.5, 0.6) is 5.75 Å². The van der Waals surface area contributed by atoms with Crippen molar-refractivity contribution in [3.8, 4) is 17.2 Å². The number of amides is 1. The van der Waals surface area contributed by atoms with Crippen molar-refractivity contribution in [1.82, 2.24) is 15.1 Å². The molecule has 7 heteroatoms. The standard InChI is InChI=1S/C16H19N3O3S/c1-11-6-4-5-9-19(11)14(21)10-23-16-18-17-15(22-16)12-7-2-3-8-13(12)20/h2-3,7-8,11,20H,4-6,9-10H2,1H3. The number of piperidine rings is 1. The summed E-state index contributed by atoms with van der Waals surface area (Å²) in [6.45, 7) is 2.91. The van der Waals surface area contributed by atoms with Crippen LogP contribution in [0, 0.1) is 0 Å². The van der Waals surface area contributed by atoms with Crippen LogP contribution < -0.4 is 0 Å². The van der Waals surface area contributed by atoms with Crippen molar-refractivity contribution in [2.75, 3.05) is 12.3 Å². The monoisotopic (exact) mass is 333 g/mol. The Morgan fingerprint density at radius 3 is 3.00 bits per heavy atom. The molecule has 1 unspecified atom stereocenters. The van der Waals surface area contributed by atoms with Gasteiger partial charge in [0.15, 0.2) is 0 Å². The molecular formula is C16H19N3O3S. The first-order valence-electron chi connectivity index (χ1n) is 7.69. The van der Waals surface area contributed by atoms with E-state index in [0.29, 0.717) is 16.8 Å². The molecule has 122 valence electrons. The van der Waals surface area contributed by atoms with Crippen molar-refractivity contribution in [3.05, 3.63) is 24.3 Å². The fraction of sp³-hybridized carbons (Fsp3) is 0.438. The SMILES string of the molecule is CC1CCCCN1C(=O)CSc1nnc(-c2ccccc2O)o1. The van der Waals surface area contributed by atoms with E-state index in [1.165, 1.54) is 18.2 Å². The predicted molar refractivity (Wildman–Crippen MR) is 87.1 cm³/mol. The molecular weight excluding hydrogens is 314 g/mol. The summed E-state index contributed by atoms with van der Waals surface area (Å²) in [5.41, 5.74) is 0.489. The van der Waals surface area contributed by atoms with E-state index in [4.69, 9.17) is 4.42 Å². The van der Waals surface area contributed by atoms with Gasteiger partial charge in [0, 0.05) is 12.6 Å². The summed E-state index contributed by atoms with van der Waals surface area (Å²) < 4.78 is 5.53. The molecule has 1 aliphatic heterocycles. The quantitative estimate of drug-likeness (QED) is 0.867. The molecule has 0 radical (unpaired) electrons. The molecule has 0 spiro atoms. The van der Waals surface area contributed by atoms with Crippen molar-refractivity contribution < 1.29 is 14.3 Å². The molecule has 1 aliphatic rings. The number of hydrogen-bond acceptors (Lipinski definition) is 6. The maximum atomic E-state index is 12.3. The first kappa shape index (κ1) is 15.9. The smallest absolute Gasteiger partial charge is 0.277 e. The fourth-order valence-corrected chi connectivity index (χ4v) is 3.36. The zero-order valence-electron chi connectivity index (χ0n) is 12.9. The van der Waals surface area contributed by atoms with Crippen LogP contribution in [0.25, 0.3) is 11.5 Å². The summed E-state index contributed by atoms with van der Waals surface area (Å²) in [6, 6.07) is 7.08. The number of hydrogen-bond donors (Lipinski definition) is 1. The average molecular weight is 333 g/mol. The average Bonchev–Trinajstić information content (AvgIpc) is 3.02. The lowest BCUT2D eigenvalue weighted by atomic mass is 10.0. The number of para-hydroxylation sites is 1. The molecule has 1 N–H and O–H groups in total. The van der Waals surface area contributed by atoms with Crippen LogP contribution in [0.2, 0.25) is 0 Å². The van der Waals surface area contributed by atoms with Crippen LogP contribution in [0.15, 0.2) is 33.9 Å². The van der Waals surface area contributed by atoms with Crippen LogP contribution in [0.1, 0.15) is 26.2 Å². The van der Waals surface area contributed by atoms with Crippen molar-refractivity contribution in [2.45, 2.75) is 37.5 Å². The summed E-state index contributed by atoms with van der Waals surface area (Å²) in [7, 11) is 0. The number of likely N-dealkylation sites (tertiary alicyclic amines) is 1. The van der Waals surface area contributed by atoms with Crippen LogP contribution >= 0.6 is 11.8 Å². The molecule has 6 nitrogen and oxygen atoms in total. The molecule has 1 aromatic heterocycles. The molecule has 1 saturated heterocycles. The lowest BCUT2D eigenvalue weighted by molar-refractivity contribution is -0.131. The molecule has 1 atom stereocenters. The second kappa shape index (κ2) is 7.04. The van der Waals surface area contributed by atoms with Gasteiger partial charge in [-0.1, -0.05) is 23.9 Å². The van der Waals surface area contributed by atoms with E-state index < -0.39 is 0 Å². The maximum Gasteiger partial charge on any atom is 0.277 e. The second-order valence-electron chi connectivity index (χ2n) is 5.61. The number of benzene rings is 1. The molecule has 3 rings (SSSR count). The van der Waals surface area contributed by atoms with Gasteiger partial charge in [0.25, 0.3) is 11.1 Å². The zero-order chi connectivity index (χ0) is 16.2. The molecule has 0 saturated carbocycles. The highest BCUT2D eigenvalue weighted by molar-refractivity contribution is 7.99. The minimum absolute atomic E-state index is 0.0888. The van der Waals surface area contributed by atoms with E-state index in [9.17, 15) is 9.90 Å². The molecule has 1 aromatic carbocycles. The lowest BCUT2D eigenvalue weighted by Crippen LogP contribution is -2.42. The Morgan fingerprint density at radius 1 is 1.39 bits per heavy atom. The summed E-state index contributed by atoms with van der Waals surface area (Å²) in [4.78, 5) is 14.2. The van der Waals surface area contributed by atoms with Gasteiger partial charge in [-0.05, 0) is 38.3 Å². The van der Waals surface area contributed by atoms with Crippen LogP contribution in [0.4, 0.5) is 0 Å². The number of aromatic nitrogens is 2. The van der Waals surface area contributed by atoms with Gasteiger partial charge in [0.05, 0.1) is 11.3 Å². The fourth-order valence-electron chi connectivity index (χ4n) is 2.71. The Hall–Kier alpha value is -2.02. The Morgan fingerprint density at radius 2 is 2.22 bits per heavy atom. The number of thioether (sulfide) groups is 1. The van der Waals surface area contributed by atoms with E-state index in [0.717, 1.165) is 19.4 Å². The van der Waals surface area contributed by atoms with Crippen molar-refractivity contribution >= 4 is 17.7 Å². The number of carbonyl (C=O) groups excluding carboxylic acids is 1. The molecule has 2 heterocycles. The van der Waals surface area contributed by atoms with E-state index in [1.807, 2.05) is 4.90 Å². The normalized spacial score (nSPS) is 18.1. The maximum absolute atomic E-state index is 12.3. The third-order valence-electron chi connectivity index (χ3n) is 3.98. The molecule has 1 fully saturated rings. The third kappa shape index (κ3) is 3.67. The van der Waals surface area contributed by atoms with Crippen LogP contribution in [-0.2, 0) is 4.79 Å². The Bertz CT molecular complexity index is 689. The summed E-state index contributed by atoms with van der Waals surface area (Å²) in [5, 5.41) is 18.0. The number of phenolic OH excluding ortho intramolecular Hbond substituents is 1. The Balaban J connectivity index is 1.61. The van der Waals surface area contributed by atoms with Gasteiger partial charge >= 0.3 is 0 Å². The van der Waals surface area contributed by atoms with Gasteiger partial charge < -0.3 is 14.4 Å². The minimum Gasteiger partial charge on any atom is -0.507 e. The number of aromatic hydroxyl groups is 1. The van der Waals surface area contributed by atoms with Crippen LogP contribution in [0.3, 0.4) is 0 Å². The van der Waals surface area contributed by atoms with Crippen molar-refractivity contribution in [3.63, 3.8) is 0 Å². The topological polar surface area (TPSA) is 79.5 Å². The summed E-state index contributed by atoms with van der Waals surface area (Å²) >= 11 is 1.23. The van der Waals surface area contributed by atoms with E-state index in [2.05, 4.69) is 17.1 Å². The van der Waals surface area contributed by atoms with Crippen molar-refractivity contribution in [1.29, 1.82) is 0 Å². The summed E-state index contributed by atoms with van der Waals surface area (Å²) in [6.07, 6.45) is 3.32. The van der Waals surface area contributed by atoms with Gasteiger partial charge in [-0.15, -0.1) is 10.2 Å². The van der Waals surface area contributed by atoms with E-state index in [-0.39, 0.29) is 23.3 Å². The van der Waals surface area contributed by atoms with Gasteiger partial charge in [-0.25, -0.2) is 0 Å². The first-order chi connectivity index (χ1) is 11.1. The predicted octanol–water partition coefficient (Wildman–Crippen LogP) is 2.94. The van der Waals surface area contributed by atoms with Gasteiger partial charge in [0.1, 0.15) is 5.75 Å². The van der Waals surface area contributed by atoms with Crippen molar-refractivity contribution in [2.24, 2.45) is 0 Å². The Labute approximate surface area is 138 Å². The van der Waals surface area contributed by atoms with Gasteiger partial charge in [0.2, 0.25) is 5.91 Å².